The first-order valence-electron chi connectivity index (χ1n) is 24.8. The maximum Gasteiger partial charge on any atom is 0.164 e. The van der Waals surface area contributed by atoms with Crippen LogP contribution in [0.25, 0.3) is 102 Å². The van der Waals surface area contributed by atoms with E-state index in [1.165, 1.54) is 0 Å². The zero-order valence-electron chi connectivity index (χ0n) is 39.8. The number of benzene rings is 10. The Morgan fingerprint density at radius 1 is 0.230 bits per heavy atom. The van der Waals surface area contributed by atoms with Crippen LogP contribution in [0.1, 0.15) is 22.3 Å². The van der Waals surface area contributed by atoms with Crippen molar-refractivity contribution in [3.05, 3.63) is 277 Å². The zero-order valence-corrected chi connectivity index (χ0v) is 39.8. The molecule has 2 aromatic heterocycles. The lowest BCUT2D eigenvalue weighted by atomic mass is 9.66. The average molecular weight is 947 g/mol. The largest absolute Gasteiger partial charge is 0.457 e. The van der Waals surface area contributed by atoms with E-state index in [1.54, 1.807) is 0 Å². The molecule has 3 heterocycles. The van der Waals surface area contributed by atoms with E-state index in [2.05, 4.69) is 170 Å². The van der Waals surface area contributed by atoms with Crippen LogP contribution in [0.3, 0.4) is 0 Å². The third kappa shape index (κ3) is 7.21. The van der Waals surface area contributed by atoms with Gasteiger partial charge in [-0.1, -0.05) is 237 Å². The summed E-state index contributed by atoms with van der Waals surface area (Å²) in [5, 5.41) is 0. The maximum atomic E-state index is 6.79. The number of hydrogen-bond acceptors (Lipinski definition) is 7. The van der Waals surface area contributed by atoms with Crippen molar-refractivity contribution < 1.29 is 4.74 Å². The molecule has 0 fully saturated rings. The second kappa shape index (κ2) is 17.7. The summed E-state index contributed by atoms with van der Waals surface area (Å²) in [4.78, 5) is 31.5. The van der Waals surface area contributed by atoms with Gasteiger partial charge in [0, 0.05) is 44.5 Å². The summed E-state index contributed by atoms with van der Waals surface area (Å²) >= 11 is 0. The second-order valence-corrected chi connectivity index (χ2v) is 18.6. The van der Waals surface area contributed by atoms with Crippen LogP contribution in [-0.2, 0) is 5.41 Å². The molecule has 10 aromatic carbocycles. The molecule has 12 aromatic rings. The molecule has 74 heavy (non-hydrogen) atoms. The molecule has 2 aliphatic rings. The van der Waals surface area contributed by atoms with Crippen LogP contribution in [-0.4, -0.2) is 29.9 Å². The summed E-state index contributed by atoms with van der Waals surface area (Å²) in [5.41, 5.74) is 15.4. The number of para-hydroxylation sites is 2. The molecule has 14 rings (SSSR count). The number of nitrogens with zero attached hydrogens (tertiary/aromatic N) is 6. The Bertz CT molecular complexity index is 3870. The van der Waals surface area contributed by atoms with Gasteiger partial charge in [-0.05, 0) is 62.7 Å². The first-order chi connectivity index (χ1) is 36.7. The molecule has 1 aliphatic heterocycles. The summed E-state index contributed by atoms with van der Waals surface area (Å²) in [6.45, 7) is 0. The Labute approximate surface area is 428 Å². The summed E-state index contributed by atoms with van der Waals surface area (Å²) in [6.07, 6.45) is 0. The van der Waals surface area contributed by atoms with Crippen LogP contribution in [0.2, 0.25) is 0 Å². The van der Waals surface area contributed by atoms with Gasteiger partial charge in [0.1, 0.15) is 11.5 Å². The van der Waals surface area contributed by atoms with Crippen LogP contribution >= 0.6 is 0 Å². The van der Waals surface area contributed by atoms with Crippen molar-refractivity contribution in [2.75, 3.05) is 0 Å². The summed E-state index contributed by atoms with van der Waals surface area (Å²) in [6, 6.07) is 88.0. The first-order valence-corrected chi connectivity index (χ1v) is 24.8. The predicted molar refractivity (Wildman–Crippen MR) is 294 cm³/mol. The Hall–Kier alpha value is -9.98. The Kier molecular flexibility index (Phi) is 10.3. The van der Waals surface area contributed by atoms with Gasteiger partial charge >= 0.3 is 0 Å². The number of ether oxygens (including phenoxy) is 1. The van der Waals surface area contributed by atoms with Crippen LogP contribution in [0, 0.1) is 0 Å². The fourth-order valence-corrected chi connectivity index (χ4v) is 10.8. The van der Waals surface area contributed by atoms with E-state index in [4.69, 9.17) is 34.6 Å². The summed E-state index contributed by atoms with van der Waals surface area (Å²) in [5.74, 6) is 5.09. The Morgan fingerprint density at radius 3 is 1.04 bits per heavy atom. The molecule has 346 valence electrons. The SMILES string of the molecule is c1ccc(-c2ccc(-c3nc(-c4ccc(-c5ccccc5)cc4)nc(-c4ccc5c(c4)C4(c6ccccc6Oc6ccccc64)c4cccc(-c6nc(-c7ccccc7)nc(-c7ccccc7)n6)c4-5)n3)cc2)cc1. The van der Waals surface area contributed by atoms with Gasteiger partial charge in [0.2, 0.25) is 0 Å². The van der Waals surface area contributed by atoms with Gasteiger partial charge in [0.25, 0.3) is 0 Å². The highest BCUT2D eigenvalue weighted by Gasteiger charge is 2.52. The van der Waals surface area contributed by atoms with Crippen molar-refractivity contribution >= 4 is 0 Å². The van der Waals surface area contributed by atoms with Gasteiger partial charge < -0.3 is 4.74 Å². The molecular formula is C67H42N6O. The van der Waals surface area contributed by atoms with Gasteiger partial charge in [-0.15, -0.1) is 0 Å². The molecule has 0 amide bonds. The van der Waals surface area contributed by atoms with Gasteiger partial charge in [-0.25, -0.2) is 29.9 Å². The predicted octanol–water partition coefficient (Wildman–Crippen LogP) is 15.9. The first kappa shape index (κ1) is 42.9. The Morgan fingerprint density at radius 2 is 0.568 bits per heavy atom. The molecule has 0 saturated heterocycles. The van der Waals surface area contributed by atoms with Crippen molar-refractivity contribution in [2.45, 2.75) is 5.41 Å². The van der Waals surface area contributed by atoms with Crippen LogP contribution < -0.4 is 4.74 Å². The highest BCUT2D eigenvalue weighted by Crippen LogP contribution is 2.63. The normalized spacial score (nSPS) is 12.5. The van der Waals surface area contributed by atoms with Gasteiger partial charge in [-0.2, -0.15) is 0 Å². The van der Waals surface area contributed by atoms with Crippen molar-refractivity contribution in [3.63, 3.8) is 0 Å². The third-order valence-corrected chi connectivity index (χ3v) is 14.3. The lowest BCUT2D eigenvalue weighted by Crippen LogP contribution is -2.32. The Balaban J connectivity index is 0.997. The highest BCUT2D eigenvalue weighted by molar-refractivity contribution is 5.97. The summed E-state index contributed by atoms with van der Waals surface area (Å²) < 4.78 is 6.79. The lowest BCUT2D eigenvalue weighted by molar-refractivity contribution is 0.436. The average Bonchev–Trinajstić information content (AvgIpc) is 3.79. The monoisotopic (exact) mass is 946 g/mol. The van der Waals surface area contributed by atoms with Gasteiger partial charge in [-0.3, -0.25) is 0 Å². The molecule has 0 N–H and O–H groups in total. The minimum absolute atomic E-state index is 0.560. The number of fused-ring (bicyclic) bond motifs is 9. The number of rotatable bonds is 8. The van der Waals surface area contributed by atoms with E-state index in [9.17, 15) is 0 Å². The minimum Gasteiger partial charge on any atom is -0.457 e. The molecule has 7 heteroatoms. The van der Waals surface area contributed by atoms with Crippen molar-refractivity contribution in [3.8, 4) is 113 Å². The number of aromatic nitrogens is 6. The second-order valence-electron chi connectivity index (χ2n) is 18.6. The van der Waals surface area contributed by atoms with Crippen LogP contribution in [0.15, 0.2) is 255 Å². The standard InChI is InChI=1S/C67H42N6O/c1-5-18-43(19-6-1)45-32-36-49(37-33-45)63-69-64(50-38-34-46(35-39-50)44-20-7-2-8-21-44)71-65(70-63)51-40-41-52-57(42-51)67(54-27-13-15-30-58(54)74-59-31-16-14-28-55(59)67)56-29-17-26-53(60(52)56)66-72-61(47-22-9-3-10-23-47)68-62(73-66)48-24-11-4-12-25-48/h1-42H. The smallest absolute Gasteiger partial charge is 0.164 e. The maximum absolute atomic E-state index is 6.79. The van der Waals surface area contributed by atoms with Crippen LogP contribution in [0.5, 0.6) is 11.5 Å². The quantitative estimate of drug-likeness (QED) is 0.150. The minimum atomic E-state index is -0.821. The zero-order chi connectivity index (χ0) is 49.0. The van der Waals surface area contributed by atoms with E-state index >= 15 is 0 Å². The van der Waals surface area contributed by atoms with Gasteiger partial charge in [0.15, 0.2) is 34.9 Å². The topological polar surface area (TPSA) is 86.6 Å². The summed E-state index contributed by atoms with van der Waals surface area (Å²) in [7, 11) is 0. The van der Waals surface area contributed by atoms with E-state index in [-0.39, 0.29) is 0 Å². The molecule has 7 nitrogen and oxygen atoms in total. The molecular weight excluding hydrogens is 905 g/mol. The lowest BCUT2D eigenvalue weighted by Gasteiger charge is -2.39. The van der Waals surface area contributed by atoms with Crippen molar-refractivity contribution in [1.82, 2.24) is 29.9 Å². The molecule has 0 atom stereocenters. The number of hydrogen-bond donors (Lipinski definition) is 0. The molecule has 1 spiro atoms. The molecule has 0 bridgehead atoms. The fraction of sp³-hybridized carbons (Fsp3) is 0.0149. The van der Waals surface area contributed by atoms with E-state index in [0.29, 0.717) is 34.9 Å². The van der Waals surface area contributed by atoms with E-state index in [0.717, 1.165) is 101 Å². The van der Waals surface area contributed by atoms with Crippen molar-refractivity contribution in [2.24, 2.45) is 0 Å². The highest BCUT2D eigenvalue weighted by atomic mass is 16.5. The molecule has 0 saturated carbocycles. The third-order valence-electron chi connectivity index (χ3n) is 14.3. The van der Waals surface area contributed by atoms with Crippen molar-refractivity contribution in [1.29, 1.82) is 0 Å². The molecule has 0 radical (unpaired) electrons. The van der Waals surface area contributed by atoms with E-state index < -0.39 is 5.41 Å². The molecule has 0 unspecified atom stereocenters. The van der Waals surface area contributed by atoms with E-state index in [1.807, 2.05) is 84.9 Å². The fourth-order valence-electron chi connectivity index (χ4n) is 10.8. The molecule has 1 aliphatic carbocycles. The van der Waals surface area contributed by atoms with Crippen LogP contribution in [0.4, 0.5) is 0 Å². The van der Waals surface area contributed by atoms with Gasteiger partial charge in [0.05, 0.1) is 5.41 Å².